The second-order valence-corrected chi connectivity index (χ2v) is 8.36. The number of alkyl halides is 5. The van der Waals surface area contributed by atoms with Crippen LogP contribution in [-0.2, 0) is 11.0 Å². The molecule has 2 aromatic heterocycles. The first-order chi connectivity index (χ1) is 15.5. The number of nitrogens with zero attached hydrogens (tertiary/aromatic N) is 5. The van der Waals surface area contributed by atoms with Crippen LogP contribution in [-0.4, -0.2) is 57.9 Å². The van der Waals surface area contributed by atoms with Crippen LogP contribution < -0.4 is 10.2 Å². The Morgan fingerprint density at radius 2 is 1.97 bits per heavy atom. The zero-order valence-corrected chi connectivity index (χ0v) is 17.9. The molecule has 4 rings (SSSR count). The van der Waals surface area contributed by atoms with Crippen LogP contribution in [0.2, 0.25) is 0 Å². The molecule has 2 fully saturated rings. The van der Waals surface area contributed by atoms with E-state index < -0.39 is 24.2 Å². The fourth-order valence-electron chi connectivity index (χ4n) is 4.09. The second kappa shape index (κ2) is 8.71. The zero-order valence-electron chi connectivity index (χ0n) is 17.9. The maximum Gasteiger partial charge on any atom is 0.416 e. The molecule has 0 radical (unpaired) electrons. The van der Waals surface area contributed by atoms with E-state index >= 15 is 0 Å². The first-order valence-corrected chi connectivity index (χ1v) is 10.6. The number of hydrogen-bond donors (Lipinski definition) is 1. The largest absolute Gasteiger partial charge is 0.416 e. The molecule has 2 aromatic rings. The van der Waals surface area contributed by atoms with E-state index in [4.69, 9.17) is 0 Å². The normalized spacial score (nSPS) is 20.7. The van der Waals surface area contributed by atoms with Crippen molar-refractivity contribution in [2.75, 3.05) is 36.4 Å². The first kappa shape index (κ1) is 23.1. The SMILES string of the molecule is CC(=O)N1CCCC(c2cc(Nc3cc(C(F)(F)F)ccn3)nc(N3CCC(F)(F)C3)n2)C1. The number of anilines is 3. The fraction of sp³-hybridized carbons (Fsp3) is 0.524. The van der Waals surface area contributed by atoms with Gasteiger partial charge in [0, 0.05) is 51.2 Å². The number of piperidine rings is 1. The third kappa shape index (κ3) is 5.48. The van der Waals surface area contributed by atoms with Crippen molar-refractivity contribution in [1.82, 2.24) is 19.9 Å². The number of hydrogen-bond acceptors (Lipinski definition) is 6. The number of nitrogens with one attached hydrogen (secondary N) is 1. The number of carbonyl (C=O) groups excluding carboxylic acids is 1. The zero-order chi connectivity index (χ0) is 23.8. The summed E-state index contributed by atoms with van der Waals surface area (Å²) in [6.45, 7) is 2.04. The summed E-state index contributed by atoms with van der Waals surface area (Å²) >= 11 is 0. The Morgan fingerprint density at radius 1 is 1.18 bits per heavy atom. The Bertz CT molecular complexity index is 1030. The molecule has 1 unspecified atom stereocenters. The quantitative estimate of drug-likeness (QED) is 0.675. The molecular weight excluding hydrogens is 447 g/mol. The van der Waals surface area contributed by atoms with E-state index in [-0.39, 0.29) is 42.4 Å². The van der Waals surface area contributed by atoms with Gasteiger partial charge in [-0.05, 0) is 25.0 Å². The molecule has 2 aliphatic rings. The third-order valence-electron chi connectivity index (χ3n) is 5.82. The molecule has 7 nitrogen and oxygen atoms in total. The summed E-state index contributed by atoms with van der Waals surface area (Å²) in [5, 5.41) is 2.76. The van der Waals surface area contributed by atoms with Gasteiger partial charge >= 0.3 is 6.18 Å². The van der Waals surface area contributed by atoms with E-state index in [0.717, 1.165) is 31.2 Å². The van der Waals surface area contributed by atoms with Gasteiger partial charge in [-0.1, -0.05) is 0 Å². The summed E-state index contributed by atoms with van der Waals surface area (Å²) in [5.74, 6) is -2.95. The van der Waals surface area contributed by atoms with Gasteiger partial charge in [0.2, 0.25) is 11.9 Å². The summed E-state index contributed by atoms with van der Waals surface area (Å²) in [7, 11) is 0. The monoisotopic (exact) mass is 470 g/mol. The van der Waals surface area contributed by atoms with Crippen LogP contribution in [0.15, 0.2) is 24.4 Å². The third-order valence-corrected chi connectivity index (χ3v) is 5.82. The summed E-state index contributed by atoms with van der Waals surface area (Å²) in [6.07, 6.45) is -2.36. The number of rotatable bonds is 4. The van der Waals surface area contributed by atoms with Crippen LogP contribution >= 0.6 is 0 Å². The summed E-state index contributed by atoms with van der Waals surface area (Å²) < 4.78 is 66.8. The molecular formula is C21H23F5N6O. The second-order valence-electron chi connectivity index (χ2n) is 8.36. The van der Waals surface area contributed by atoms with Crippen LogP contribution in [0.25, 0.3) is 0 Å². The lowest BCUT2D eigenvalue weighted by molar-refractivity contribution is -0.137. The summed E-state index contributed by atoms with van der Waals surface area (Å²) in [5.41, 5.74) is -0.339. The van der Waals surface area contributed by atoms with Gasteiger partial charge in [0.25, 0.3) is 5.92 Å². The molecule has 0 aliphatic carbocycles. The molecule has 0 aromatic carbocycles. The molecule has 178 valence electrons. The highest BCUT2D eigenvalue weighted by Gasteiger charge is 2.40. The molecule has 1 amide bonds. The highest BCUT2D eigenvalue weighted by Crippen LogP contribution is 2.34. The number of amides is 1. The van der Waals surface area contributed by atoms with Crippen LogP contribution in [0, 0.1) is 0 Å². The van der Waals surface area contributed by atoms with E-state index in [1.165, 1.54) is 11.8 Å². The lowest BCUT2D eigenvalue weighted by Gasteiger charge is -2.32. The highest BCUT2D eigenvalue weighted by atomic mass is 19.4. The minimum Gasteiger partial charge on any atom is -0.342 e. The van der Waals surface area contributed by atoms with Gasteiger partial charge in [0.15, 0.2) is 0 Å². The number of likely N-dealkylation sites (tertiary alicyclic amines) is 1. The van der Waals surface area contributed by atoms with Crippen LogP contribution in [0.5, 0.6) is 0 Å². The van der Waals surface area contributed by atoms with Crippen molar-refractivity contribution in [2.45, 2.75) is 44.2 Å². The molecule has 33 heavy (non-hydrogen) atoms. The van der Waals surface area contributed by atoms with Crippen molar-refractivity contribution < 1.29 is 26.7 Å². The molecule has 2 saturated heterocycles. The highest BCUT2D eigenvalue weighted by molar-refractivity contribution is 5.73. The van der Waals surface area contributed by atoms with Gasteiger partial charge in [0.1, 0.15) is 11.6 Å². The Kier molecular flexibility index (Phi) is 6.10. The number of pyridine rings is 1. The molecule has 0 saturated carbocycles. The van der Waals surface area contributed by atoms with Crippen molar-refractivity contribution in [3.63, 3.8) is 0 Å². The molecule has 1 atom stereocenters. The van der Waals surface area contributed by atoms with E-state index in [0.29, 0.717) is 18.8 Å². The minimum atomic E-state index is -4.54. The Morgan fingerprint density at radius 3 is 2.64 bits per heavy atom. The minimum absolute atomic E-state index is 0.0575. The van der Waals surface area contributed by atoms with Crippen LogP contribution in [0.3, 0.4) is 0 Å². The predicted octanol–water partition coefficient (Wildman–Crippen LogP) is 4.21. The molecule has 12 heteroatoms. The van der Waals surface area contributed by atoms with Crippen molar-refractivity contribution >= 4 is 23.5 Å². The van der Waals surface area contributed by atoms with Crippen molar-refractivity contribution in [1.29, 1.82) is 0 Å². The van der Waals surface area contributed by atoms with Crippen LogP contribution in [0.1, 0.15) is 43.4 Å². The topological polar surface area (TPSA) is 74.2 Å². The summed E-state index contributed by atoms with van der Waals surface area (Å²) in [4.78, 5) is 27.6. The van der Waals surface area contributed by atoms with Gasteiger partial charge in [-0.15, -0.1) is 0 Å². The van der Waals surface area contributed by atoms with E-state index in [1.807, 2.05) is 0 Å². The smallest absolute Gasteiger partial charge is 0.342 e. The number of halogens is 5. The lowest BCUT2D eigenvalue weighted by atomic mass is 9.94. The van der Waals surface area contributed by atoms with Gasteiger partial charge in [-0.3, -0.25) is 4.79 Å². The van der Waals surface area contributed by atoms with Crippen molar-refractivity contribution in [3.8, 4) is 0 Å². The van der Waals surface area contributed by atoms with Gasteiger partial charge in [0.05, 0.1) is 17.8 Å². The average Bonchev–Trinajstić information content (AvgIpc) is 3.13. The Labute approximate surface area is 187 Å². The van der Waals surface area contributed by atoms with Crippen molar-refractivity contribution in [2.24, 2.45) is 0 Å². The average molecular weight is 470 g/mol. The standard InChI is InChI=1S/C21H23F5N6O/c1-13(33)31-7-2-3-14(11-31)16-10-18(29-17-9-15(4-6-27-17)21(24,25)26)30-19(28-16)32-8-5-20(22,23)12-32/h4,6,9-10,14H,2-3,5,7-8,11-12H2,1H3,(H,27,28,29,30). The molecule has 0 spiro atoms. The fourth-order valence-corrected chi connectivity index (χ4v) is 4.09. The van der Waals surface area contributed by atoms with E-state index in [1.54, 1.807) is 11.0 Å². The van der Waals surface area contributed by atoms with Crippen molar-refractivity contribution in [3.05, 3.63) is 35.7 Å². The van der Waals surface area contributed by atoms with Gasteiger partial charge < -0.3 is 15.1 Å². The summed E-state index contributed by atoms with van der Waals surface area (Å²) in [6, 6.07) is 3.28. The van der Waals surface area contributed by atoms with Gasteiger partial charge in [-0.2, -0.15) is 18.2 Å². The van der Waals surface area contributed by atoms with E-state index in [2.05, 4.69) is 20.3 Å². The predicted molar refractivity (Wildman–Crippen MR) is 111 cm³/mol. The maximum absolute atomic E-state index is 13.8. The number of aromatic nitrogens is 3. The molecule has 0 bridgehead atoms. The Balaban J connectivity index is 1.67. The van der Waals surface area contributed by atoms with Gasteiger partial charge in [-0.25, -0.2) is 18.7 Å². The number of carbonyl (C=O) groups is 1. The molecule has 2 aliphatic heterocycles. The Hall–Kier alpha value is -3.05. The van der Waals surface area contributed by atoms with E-state index in [9.17, 15) is 26.7 Å². The van der Waals surface area contributed by atoms with Crippen LogP contribution in [0.4, 0.5) is 39.5 Å². The lowest BCUT2D eigenvalue weighted by Crippen LogP contribution is -2.38. The molecule has 4 heterocycles. The molecule has 1 N–H and O–H groups in total. The first-order valence-electron chi connectivity index (χ1n) is 10.6. The maximum atomic E-state index is 13.8.